The highest BCUT2D eigenvalue weighted by atomic mass is 19.1. The van der Waals surface area contributed by atoms with Crippen LogP contribution in [0.1, 0.15) is 5.56 Å². The number of hydrazine groups is 3. The molecule has 0 saturated carbocycles. The second-order valence-electron chi connectivity index (χ2n) is 2.89. The molecular weight excluding hydrogens is 187 g/mol. The molecule has 1 heterocycles. The van der Waals surface area contributed by atoms with Crippen molar-refractivity contribution in [1.82, 2.24) is 21.5 Å². The lowest BCUT2D eigenvalue weighted by atomic mass is 10.2. The van der Waals surface area contributed by atoms with Gasteiger partial charge in [0, 0.05) is 0 Å². The Kier molecular flexibility index (Phi) is 2.30. The second kappa shape index (κ2) is 3.60. The van der Waals surface area contributed by atoms with Gasteiger partial charge < -0.3 is 0 Å². The first kappa shape index (κ1) is 8.92. The number of benzene rings is 1. The molecule has 0 bridgehead atoms. The van der Waals surface area contributed by atoms with E-state index in [4.69, 9.17) is 0 Å². The minimum atomic E-state index is -0.313. The summed E-state index contributed by atoms with van der Waals surface area (Å²) in [7, 11) is 0. The van der Waals surface area contributed by atoms with Crippen molar-refractivity contribution < 1.29 is 9.18 Å². The van der Waals surface area contributed by atoms with Crippen molar-refractivity contribution in [2.45, 2.75) is 6.54 Å². The van der Waals surface area contributed by atoms with Crippen LogP contribution in [0.25, 0.3) is 0 Å². The molecule has 0 unspecified atom stereocenters. The summed E-state index contributed by atoms with van der Waals surface area (Å²) in [6.07, 6.45) is 0. The smallest absolute Gasteiger partial charge is 0.257 e. The molecule has 14 heavy (non-hydrogen) atoms. The largest absolute Gasteiger partial charge is 0.345 e. The monoisotopic (exact) mass is 196 g/mol. The van der Waals surface area contributed by atoms with E-state index in [0.717, 1.165) is 5.56 Å². The molecule has 0 radical (unpaired) electrons. The maximum atomic E-state index is 12.6. The average Bonchev–Trinajstić information content (AvgIpc) is 2.56. The van der Waals surface area contributed by atoms with Crippen LogP contribution in [0.2, 0.25) is 0 Å². The number of hydrogen-bond acceptors (Lipinski definition) is 3. The van der Waals surface area contributed by atoms with Crippen molar-refractivity contribution in [3.8, 4) is 0 Å². The van der Waals surface area contributed by atoms with Gasteiger partial charge in [0.1, 0.15) is 5.82 Å². The lowest BCUT2D eigenvalue weighted by Crippen LogP contribution is -2.39. The molecule has 1 fully saturated rings. The number of urea groups is 1. The summed E-state index contributed by atoms with van der Waals surface area (Å²) in [5.74, 6) is -0.273. The molecule has 3 N–H and O–H groups in total. The highest BCUT2D eigenvalue weighted by Crippen LogP contribution is 2.04. The zero-order valence-electron chi connectivity index (χ0n) is 7.25. The van der Waals surface area contributed by atoms with Gasteiger partial charge in [0.15, 0.2) is 0 Å². The predicted molar refractivity (Wildman–Crippen MR) is 46.7 cm³/mol. The van der Waals surface area contributed by atoms with Crippen LogP contribution >= 0.6 is 0 Å². The molecule has 0 spiro atoms. The van der Waals surface area contributed by atoms with Gasteiger partial charge >= 0.3 is 6.03 Å². The van der Waals surface area contributed by atoms with Crippen LogP contribution < -0.4 is 16.4 Å². The van der Waals surface area contributed by atoms with E-state index in [2.05, 4.69) is 16.4 Å². The van der Waals surface area contributed by atoms with Crippen LogP contribution in [-0.4, -0.2) is 11.1 Å². The quantitative estimate of drug-likeness (QED) is 0.636. The third-order valence-electron chi connectivity index (χ3n) is 1.79. The molecule has 1 saturated heterocycles. The van der Waals surface area contributed by atoms with Gasteiger partial charge in [-0.15, -0.1) is 10.7 Å². The third-order valence-corrected chi connectivity index (χ3v) is 1.79. The molecule has 6 heteroatoms. The Hall–Kier alpha value is -1.66. The molecule has 5 nitrogen and oxygen atoms in total. The van der Waals surface area contributed by atoms with Crippen LogP contribution in [0.5, 0.6) is 0 Å². The minimum absolute atomic E-state index is 0.273. The Labute approximate surface area is 79.8 Å². The number of nitrogens with one attached hydrogen (secondary N) is 3. The standard InChI is InChI=1S/C8H9FN4O/c9-7-3-1-6(2-4-7)5-13-11-8(14)10-12-13/h1-4,12H,5H2,(H2,10,11,14). The molecule has 0 atom stereocenters. The summed E-state index contributed by atoms with van der Waals surface area (Å²) in [6, 6.07) is 5.75. The Morgan fingerprint density at radius 1 is 1.29 bits per heavy atom. The fraction of sp³-hybridized carbons (Fsp3) is 0.125. The van der Waals surface area contributed by atoms with E-state index in [0.29, 0.717) is 6.54 Å². The molecule has 1 aliphatic rings. The number of nitrogens with zero attached hydrogens (tertiary/aromatic N) is 1. The summed E-state index contributed by atoms with van der Waals surface area (Å²) in [6.45, 7) is 0.457. The van der Waals surface area contributed by atoms with E-state index in [-0.39, 0.29) is 11.8 Å². The summed E-state index contributed by atoms with van der Waals surface area (Å²) in [5.41, 5.74) is 8.34. The van der Waals surface area contributed by atoms with E-state index in [1.54, 1.807) is 12.1 Å². The van der Waals surface area contributed by atoms with Crippen molar-refractivity contribution in [1.29, 1.82) is 0 Å². The van der Waals surface area contributed by atoms with Gasteiger partial charge in [0.05, 0.1) is 6.54 Å². The summed E-state index contributed by atoms with van der Waals surface area (Å²) in [5, 5.41) is 1.47. The van der Waals surface area contributed by atoms with Crippen molar-refractivity contribution in [3.05, 3.63) is 35.6 Å². The van der Waals surface area contributed by atoms with Crippen LogP contribution in [-0.2, 0) is 6.54 Å². The number of amides is 2. The normalized spacial score (nSPS) is 16.5. The lowest BCUT2D eigenvalue weighted by molar-refractivity contribution is 0.161. The van der Waals surface area contributed by atoms with Gasteiger partial charge in [-0.25, -0.2) is 9.18 Å². The molecule has 0 aliphatic carbocycles. The van der Waals surface area contributed by atoms with Gasteiger partial charge in [0.2, 0.25) is 0 Å². The molecular formula is C8H9FN4O. The maximum absolute atomic E-state index is 12.6. The number of carbonyl (C=O) groups excluding carboxylic acids is 1. The highest BCUT2D eigenvalue weighted by molar-refractivity contribution is 5.73. The van der Waals surface area contributed by atoms with Gasteiger partial charge in [-0.2, -0.15) is 0 Å². The van der Waals surface area contributed by atoms with Crippen LogP contribution in [0, 0.1) is 5.82 Å². The predicted octanol–water partition coefficient (Wildman–Crippen LogP) is 0.275. The average molecular weight is 196 g/mol. The van der Waals surface area contributed by atoms with E-state index in [1.807, 2.05) is 0 Å². The summed E-state index contributed by atoms with van der Waals surface area (Å²) < 4.78 is 12.6. The van der Waals surface area contributed by atoms with Crippen LogP contribution in [0.4, 0.5) is 9.18 Å². The molecule has 1 aromatic rings. The number of halogens is 1. The summed E-state index contributed by atoms with van der Waals surface area (Å²) >= 11 is 0. The minimum Gasteiger partial charge on any atom is -0.257 e. The lowest BCUT2D eigenvalue weighted by Gasteiger charge is -2.12. The van der Waals surface area contributed by atoms with Gasteiger partial charge in [-0.1, -0.05) is 12.1 Å². The van der Waals surface area contributed by atoms with E-state index in [1.165, 1.54) is 17.3 Å². The fourth-order valence-corrected chi connectivity index (χ4v) is 1.15. The first-order chi connectivity index (χ1) is 6.74. The van der Waals surface area contributed by atoms with E-state index in [9.17, 15) is 9.18 Å². The Morgan fingerprint density at radius 3 is 2.57 bits per heavy atom. The molecule has 2 amide bonds. The van der Waals surface area contributed by atoms with E-state index < -0.39 is 0 Å². The Bertz CT molecular complexity index is 340. The number of rotatable bonds is 2. The molecule has 1 aliphatic heterocycles. The zero-order chi connectivity index (χ0) is 9.97. The second-order valence-corrected chi connectivity index (χ2v) is 2.89. The highest BCUT2D eigenvalue weighted by Gasteiger charge is 2.16. The third kappa shape index (κ3) is 1.98. The summed E-state index contributed by atoms with van der Waals surface area (Å²) in [4.78, 5) is 10.7. The van der Waals surface area contributed by atoms with Crippen molar-refractivity contribution in [3.63, 3.8) is 0 Å². The maximum Gasteiger partial charge on any atom is 0.345 e. The molecule has 2 rings (SSSR count). The molecule has 74 valence electrons. The number of hydrogen-bond donors (Lipinski definition) is 3. The van der Waals surface area contributed by atoms with Crippen molar-refractivity contribution in [2.75, 3.05) is 0 Å². The zero-order valence-corrected chi connectivity index (χ0v) is 7.25. The first-order valence-corrected chi connectivity index (χ1v) is 4.08. The molecule has 0 aromatic heterocycles. The SMILES string of the molecule is O=C1NNN(Cc2ccc(F)cc2)N1. The first-order valence-electron chi connectivity index (χ1n) is 4.08. The van der Waals surface area contributed by atoms with Crippen LogP contribution in [0.15, 0.2) is 24.3 Å². The van der Waals surface area contributed by atoms with E-state index >= 15 is 0 Å². The van der Waals surface area contributed by atoms with Gasteiger partial charge in [0.25, 0.3) is 0 Å². The van der Waals surface area contributed by atoms with Gasteiger partial charge in [-0.3, -0.25) is 10.9 Å². The fourth-order valence-electron chi connectivity index (χ4n) is 1.15. The van der Waals surface area contributed by atoms with Crippen molar-refractivity contribution >= 4 is 6.03 Å². The van der Waals surface area contributed by atoms with Crippen molar-refractivity contribution in [2.24, 2.45) is 0 Å². The van der Waals surface area contributed by atoms with Gasteiger partial charge in [-0.05, 0) is 17.7 Å². The Morgan fingerprint density at radius 2 is 2.00 bits per heavy atom. The number of carbonyl (C=O) groups is 1. The topological polar surface area (TPSA) is 56.4 Å². The molecule has 1 aromatic carbocycles. The van der Waals surface area contributed by atoms with Crippen LogP contribution in [0.3, 0.4) is 0 Å². The Balaban J connectivity index is 1.97.